The van der Waals surface area contributed by atoms with Crippen molar-refractivity contribution in [3.05, 3.63) is 59.0 Å². The number of nitrogens with zero attached hydrogens (tertiary/aromatic N) is 2. The second-order valence-electron chi connectivity index (χ2n) is 9.46. The maximum absolute atomic E-state index is 13.3. The van der Waals surface area contributed by atoms with Crippen LogP contribution >= 0.6 is 0 Å². The van der Waals surface area contributed by atoms with Crippen molar-refractivity contribution in [1.29, 1.82) is 0 Å². The van der Waals surface area contributed by atoms with E-state index in [2.05, 4.69) is 17.0 Å². The van der Waals surface area contributed by atoms with Gasteiger partial charge in [0, 0.05) is 18.2 Å². The van der Waals surface area contributed by atoms with Gasteiger partial charge in [-0.1, -0.05) is 33.3 Å². The van der Waals surface area contributed by atoms with E-state index in [1.807, 2.05) is 13.8 Å². The molecule has 0 bridgehead atoms. The van der Waals surface area contributed by atoms with E-state index in [0.717, 1.165) is 25.0 Å². The predicted octanol–water partition coefficient (Wildman–Crippen LogP) is 6.22. The highest BCUT2D eigenvalue weighted by Gasteiger charge is 2.37. The minimum absolute atomic E-state index is 0.00299. The van der Waals surface area contributed by atoms with Gasteiger partial charge >= 0.3 is 12.4 Å². The molecule has 0 spiro atoms. The Morgan fingerprint density at radius 1 is 1.17 bits per heavy atom. The van der Waals surface area contributed by atoms with Crippen molar-refractivity contribution in [3.8, 4) is 0 Å². The van der Waals surface area contributed by atoms with E-state index in [4.69, 9.17) is 0 Å². The zero-order valence-electron chi connectivity index (χ0n) is 20.0. The molecule has 1 amide bonds. The first-order valence-electron chi connectivity index (χ1n) is 11.7. The SMILES string of the molecule is C=C1C(O)=CN(CC(C)C(CCC)Cc2cc(C(F)(F)F)cc(C(F)(F)F)c2)N=C1C(=O)NC1CC1. The number of nitrogens with one attached hydrogen (secondary N) is 1. The first-order chi connectivity index (χ1) is 16.7. The van der Waals surface area contributed by atoms with Gasteiger partial charge in [0.25, 0.3) is 5.91 Å². The molecule has 1 aromatic rings. The molecule has 2 aliphatic rings. The predicted molar refractivity (Wildman–Crippen MR) is 123 cm³/mol. The van der Waals surface area contributed by atoms with Crippen LogP contribution in [0.15, 0.2) is 47.4 Å². The smallest absolute Gasteiger partial charge is 0.416 e. The summed E-state index contributed by atoms with van der Waals surface area (Å²) in [5.41, 5.74) is -2.69. The number of hydrazone groups is 1. The lowest BCUT2D eigenvalue weighted by molar-refractivity contribution is -0.143. The molecular weight excluding hydrogens is 488 g/mol. The van der Waals surface area contributed by atoms with Gasteiger partial charge < -0.3 is 10.4 Å². The van der Waals surface area contributed by atoms with Crippen molar-refractivity contribution < 1.29 is 36.2 Å². The number of carbonyl (C=O) groups is 1. The van der Waals surface area contributed by atoms with Gasteiger partial charge in [0.2, 0.25) is 0 Å². The lowest BCUT2D eigenvalue weighted by atomic mass is 9.83. The van der Waals surface area contributed by atoms with Crippen molar-refractivity contribution >= 4 is 11.6 Å². The molecule has 1 fully saturated rings. The van der Waals surface area contributed by atoms with E-state index in [-0.39, 0.29) is 59.5 Å². The molecule has 1 aliphatic carbocycles. The third-order valence-electron chi connectivity index (χ3n) is 6.31. The molecule has 1 heterocycles. The zero-order valence-corrected chi connectivity index (χ0v) is 20.0. The Labute approximate surface area is 205 Å². The fourth-order valence-corrected chi connectivity index (χ4v) is 4.16. The van der Waals surface area contributed by atoms with Crippen LogP contribution in [-0.4, -0.2) is 34.3 Å². The van der Waals surface area contributed by atoms with Gasteiger partial charge in [-0.3, -0.25) is 9.80 Å². The summed E-state index contributed by atoms with van der Waals surface area (Å²) in [6, 6.07) is 1.72. The van der Waals surface area contributed by atoms with E-state index in [1.54, 1.807) is 0 Å². The summed E-state index contributed by atoms with van der Waals surface area (Å²) in [7, 11) is 0. The van der Waals surface area contributed by atoms with Crippen LogP contribution in [-0.2, 0) is 23.6 Å². The lowest BCUT2D eigenvalue weighted by Crippen LogP contribution is -2.38. The minimum atomic E-state index is -4.91. The van der Waals surface area contributed by atoms with Gasteiger partial charge in [-0.15, -0.1) is 0 Å². The molecule has 198 valence electrons. The van der Waals surface area contributed by atoms with E-state index >= 15 is 0 Å². The molecule has 0 aromatic heterocycles. The first-order valence-corrected chi connectivity index (χ1v) is 11.7. The Bertz CT molecular complexity index is 1020. The second kappa shape index (κ2) is 10.6. The summed E-state index contributed by atoms with van der Waals surface area (Å²) in [5.74, 6) is -1.23. The molecule has 5 nitrogen and oxygen atoms in total. The van der Waals surface area contributed by atoms with Crippen LogP contribution in [0.1, 0.15) is 56.2 Å². The lowest BCUT2D eigenvalue weighted by Gasteiger charge is -2.30. The monoisotopic (exact) mass is 517 g/mol. The van der Waals surface area contributed by atoms with Crippen LogP contribution in [0.2, 0.25) is 0 Å². The number of halogens is 6. The highest BCUT2D eigenvalue weighted by Crippen LogP contribution is 2.37. The standard InChI is InChI=1S/C25H29F6N3O2/c1-4-5-17(8-16-9-18(24(26,27)28)11-19(10-16)25(29,30)31)14(2)12-34-13-21(35)15(3)22(33-34)23(36)32-20-6-7-20/h9-11,13-14,17,20,35H,3-8,12H2,1-2H3,(H,32,36). The normalized spacial score (nSPS) is 18.4. The van der Waals surface area contributed by atoms with Crippen molar-refractivity contribution in [1.82, 2.24) is 10.3 Å². The molecule has 0 saturated heterocycles. The Balaban J connectivity index is 1.81. The Hall–Kier alpha value is -2.98. The Kier molecular flexibility index (Phi) is 8.10. The van der Waals surface area contributed by atoms with Gasteiger partial charge in [0.05, 0.1) is 17.3 Å². The third kappa shape index (κ3) is 7.04. The average Bonchev–Trinajstić information content (AvgIpc) is 3.58. The summed E-state index contributed by atoms with van der Waals surface area (Å²) in [5, 5.41) is 18.7. The summed E-state index contributed by atoms with van der Waals surface area (Å²) in [4.78, 5) is 12.5. The third-order valence-corrected chi connectivity index (χ3v) is 6.31. The van der Waals surface area contributed by atoms with Crippen molar-refractivity contribution in [2.75, 3.05) is 6.54 Å². The number of allylic oxidation sites excluding steroid dienone is 1. The summed E-state index contributed by atoms with van der Waals surface area (Å²) >= 11 is 0. The van der Waals surface area contributed by atoms with Crippen LogP contribution < -0.4 is 5.32 Å². The fraction of sp³-hybridized carbons (Fsp3) is 0.520. The van der Waals surface area contributed by atoms with E-state index < -0.39 is 29.4 Å². The van der Waals surface area contributed by atoms with Crippen LogP contribution in [0.3, 0.4) is 0 Å². The van der Waals surface area contributed by atoms with Gasteiger partial charge in [-0.25, -0.2) is 0 Å². The molecule has 1 aliphatic heterocycles. The molecule has 0 radical (unpaired) electrons. The van der Waals surface area contributed by atoms with Crippen LogP contribution in [0.25, 0.3) is 0 Å². The molecule has 2 atom stereocenters. The Morgan fingerprint density at radius 3 is 2.25 bits per heavy atom. The molecule has 1 aromatic carbocycles. The molecular formula is C25H29F6N3O2. The summed E-state index contributed by atoms with van der Waals surface area (Å²) in [6.07, 6.45) is -5.58. The van der Waals surface area contributed by atoms with Crippen LogP contribution in [0.4, 0.5) is 26.3 Å². The van der Waals surface area contributed by atoms with Gasteiger partial charge in [-0.2, -0.15) is 31.4 Å². The number of aliphatic hydroxyl groups excluding tert-OH is 1. The maximum Gasteiger partial charge on any atom is 0.416 e. The summed E-state index contributed by atoms with van der Waals surface area (Å²) < 4.78 is 79.7. The molecule has 3 rings (SSSR count). The van der Waals surface area contributed by atoms with E-state index in [1.165, 1.54) is 11.2 Å². The largest absolute Gasteiger partial charge is 0.506 e. The van der Waals surface area contributed by atoms with Crippen molar-refractivity contribution in [2.45, 2.75) is 64.3 Å². The quantitative estimate of drug-likeness (QED) is 0.382. The molecule has 11 heteroatoms. The highest BCUT2D eigenvalue weighted by molar-refractivity contribution is 6.46. The average molecular weight is 518 g/mol. The van der Waals surface area contributed by atoms with Crippen LogP contribution in [0, 0.1) is 11.8 Å². The van der Waals surface area contributed by atoms with Gasteiger partial charge in [-0.05, 0) is 54.9 Å². The number of alkyl halides is 6. The summed E-state index contributed by atoms with van der Waals surface area (Å²) in [6.45, 7) is 7.57. The Morgan fingerprint density at radius 2 is 1.75 bits per heavy atom. The van der Waals surface area contributed by atoms with Crippen molar-refractivity contribution in [3.63, 3.8) is 0 Å². The van der Waals surface area contributed by atoms with E-state index in [0.29, 0.717) is 12.8 Å². The van der Waals surface area contributed by atoms with E-state index in [9.17, 15) is 36.2 Å². The molecule has 2 N–H and O–H groups in total. The minimum Gasteiger partial charge on any atom is -0.506 e. The highest BCUT2D eigenvalue weighted by atomic mass is 19.4. The fourth-order valence-electron chi connectivity index (χ4n) is 4.16. The van der Waals surface area contributed by atoms with Gasteiger partial charge in [0.15, 0.2) is 5.71 Å². The topological polar surface area (TPSA) is 64.9 Å². The zero-order chi connectivity index (χ0) is 26.8. The van der Waals surface area contributed by atoms with Gasteiger partial charge in [0.1, 0.15) is 5.76 Å². The number of carbonyl (C=O) groups excluding carboxylic acids is 1. The van der Waals surface area contributed by atoms with Crippen molar-refractivity contribution in [2.24, 2.45) is 16.9 Å². The first kappa shape index (κ1) is 27.6. The number of benzene rings is 1. The number of amides is 1. The molecule has 36 heavy (non-hydrogen) atoms. The number of hydrogen-bond acceptors (Lipinski definition) is 4. The molecule has 1 saturated carbocycles. The second-order valence-corrected chi connectivity index (χ2v) is 9.46. The maximum atomic E-state index is 13.3. The molecule has 2 unspecified atom stereocenters. The number of rotatable bonds is 9. The number of hydrogen-bond donors (Lipinski definition) is 2. The van der Waals surface area contributed by atoms with Crippen LogP contribution in [0.5, 0.6) is 0 Å². The number of aliphatic hydroxyl groups is 1.